The van der Waals surface area contributed by atoms with Gasteiger partial charge in [0.1, 0.15) is 11.6 Å². The number of hydrogen-bond acceptors (Lipinski definition) is 5. The van der Waals surface area contributed by atoms with E-state index in [0.29, 0.717) is 31.6 Å². The topological polar surface area (TPSA) is 67.4 Å². The van der Waals surface area contributed by atoms with E-state index in [1.165, 1.54) is 19.3 Å². The van der Waals surface area contributed by atoms with Crippen LogP contribution in [-0.4, -0.2) is 47.7 Å². The van der Waals surface area contributed by atoms with E-state index in [4.69, 9.17) is 9.72 Å². The third kappa shape index (κ3) is 2.98. The number of nitrogens with one attached hydrogen (secondary N) is 1. The second-order valence-electron chi connectivity index (χ2n) is 8.96. The number of anilines is 1. The molecule has 1 aromatic rings. The number of hydrogen-bond donors (Lipinski definition) is 1. The molecule has 1 unspecified atom stereocenters. The second-order valence-corrected chi connectivity index (χ2v) is 8.96. The maximum Gasteiger partial charge on any atom is 0.230 e. The molecule has 1 amide bonds. The zero-order valence-electron chi connectivity index (χ0n) is 16.1. The first-order chi connectivity index (χ1) is 12.4. The Balaban J connectivity index is 1.42. The van der Waals surface area contributed by atoms with Crippen LogP contribution in [0.15, 0.2) is 12.3 Å². The van der Waals surface area contributed by atoms with E-state index in [1.54, 1.807) is 0 Å². The summed E-state index contributed by atoms with van der Waals surface area (Å²) in [5, 5.41) is 3.16. The highest BCUT2D eigenvalue weighted by atomic mass is 16.5. The third-order valence-electron chi connectivity index (χ3n) is 6.70. The van der Waals surface area contributed by atoms with Crippen LogP contribution < -0.4 is 10.2 Å². The van der Waals surface area contributed by atoms with Crippen molar-refractivity contribution in [3.63, 3.8) is 0 Å². The van der Waals surface area contributed by atoms with Crippen LogP contribution in [0, 0.1) is 11.3 Å². The van der Waals surface area contributed by atoms with E-state index in [2.05, 4.69) is 29.0 Å². The van der Waals surface area contributed by atoms with Crippen LogP contribution in [0.5, 0.6) is 0 Å². The molecule has 0 bridgehead atoms. The van der Waals surface area contributed by atoms with E-state index >= 15 is 0 Å². The first kappa shape index (κ1) is 17.7. The Morgan fingerprint density at radius 3 is 2.69 bits per heavy atom. The van der Waals surface area contributed by atoms with E-state index < -0.39 is 0 Å². The molecule has 1 saturated carbocycles. The molecular weight excluding hydrogens is 328 g/mol. The fourth-order valence-electron chi connectivity index (χ4n) is 4.25. The van der Waals surface area contributed by atoms with Crippen molar-refractivity contribution in [2.45, 2.75) is 57.9 Å². The number of carbonyl (C=O) groups excluding carboxylic acids is 1. The van der Waals surface area contributed by atoms with Gasteiger partial charge in [-0.25, -0.2) is 9.97 Å². The summed E-state index contributed by atoms with van der Waals surface area (Å²) in [6.45, 7) is 9.23. The minimum Gasteiger partial charge on any atom is -0.379 e. The lowest BCUT2D eigenvalue weighted by molar-refractivity contribution is -0.157. The van der Waals surface area contributed by atoms with Gasteiger partial charge < -0.3 is 15.0 Å². The molecule has 26 heavy (non-hydrogen) atoms. The predicted molar refractivity (Wildman–Crippen MR) is 100 cm³/mol. The first-order valence-corrected chi connectivity index (χ1v) is 9.87. The van der Waals surface area contributed by atoms with Crippen LogP contribution in [-0.2, 0) is 9.53 Å². The molecule has 1 aliphatic carbocycles. The molecule has 2 aliphatic heterocycles. The minimum absolute atomic E-state index is 0.0461. The molecule has 1 atom stereocenters. The SMILES string of the molecule is CC1(C(=O)NCC2CCN(c3ccnc(C4CCC4)n3)C2(C)C)COC1. The monoisotopic (exact) mass is 358 g/mol. The number of amides is 1. The summed E-state index contributed by atoms with van der Waals surface area (Å²) >= 11 is 0. The Labute approximate surface area is 155 Å². The zero-order valence-corrected chi connectivity index (χ0v) is 16.1. The van der Waals surface area contributed by atoms with Crippen molar-refractivity contribution in [2.75, 3.05) is 31.2 Å². The summed E-state index contributed by atoms with van der Waals surface area (Å²) in [6, 6.07) is 2.03. The molecule has 0 aromatic carbocycles. The van der Waals surface area contributed by atoms with Crippen molar-refractivity contribution < 1.29 is 9.53 Å². The summed E-state index contributed by atoms with van der Waals surface area (Å²) in [5.41, 5.74) is -0.387. The van der Waals surface area contributed by atoms with Gasteiger partial charge in [-0.3, -0.25) is 4.79 Å². The summed E-state index contributed by atoms with van der Waals surface area (Å²) in [4.78, 5) is 24.2. The van der Waals surface area contributed by atoms with Gasteiger partial charge in [-0.15, -0.1) is 0 Å². The molecule has 3 fully saturated rings. The largest absolute Gasteiger partial charge is 0.379 e. The Bertz CT molecular complexity index is 682. The van der Waals surface area contributed by atoms with E-state index in [9.17, 15) is 4.79 Å². The van der Waals surface area contributed by atoms with E-state index in [0.717, 1.165) is 24.6 Å². The van der Waals surface area contributed by atoms with Crippen molar-refractivity contribution in [1.29, 1.82) is 0 Å². The van der Waals surface area contributed by atoms with Crippen LogP contribution in [0.4, 0.5) is 5.82 Å². The molecule has 2 saturated heterocycles. The molecule has 1 N–H and O–H groups in total. The van der Waals surface area contributed by atoms with Gasteiger partial charge in [-0.1, -0.05) is 6.42 Å². The van der Waals surface area contributed by atoms with Crippen LogP contribution in [0.3, 0.4) is 0 Å². The third-order valence-corrected chi connectivity index (χ3v) is 6.70. The minimum atomic E-state index is -0.341. The summed E-state index contributed by atoms with van der Waals surface area (Å²) in [5.74, 6) is 3.09. The molecule has 3 aliphatic rings. The number of aromatic nitrogens is 2. The van der Waals surface area contributed by atoms with Crippen LogP contribution in [0.2, 0.25) is 0 Å². The number of ether oxygens (including phenoxy) is 1. The molecule has 6 nitrogen and oxygen atoms in total. The molecule has 0 spiro atoms. The van der Waals surface area contributed by atoms with Crippen molar-refractivity contribution in [3.8, 4) is 0 Å². The average Bonchev–Trinajstić information content (AvgIpc) is 2.83. The zero-order chi connectivity index (χ0) is 18.4. The van der Waals surface area contributed by atoms with Gasteiger partial charge in [0, 0.05) is 36.7 Å². The average molecular weight is 358 g/mol. The highest BCUT2D eigenvalue weighted by Gasteiger charge is 2.44. The number of carbonyl (C=O) groups is 1. The van der Waals surface area contributed by atoms with Crippen LogP contribution in [0.1, 0.15) is 58.2 Å². The normalized spacial score (nSPS) is 26.9. The summed E-state index contributed by atoms with van der Waals surface area (Å²) in [6.07, 6.45) is 6.68. The Kier molecular flexibility index (Phi) is 4.41. The van der Waals surface area contributed by atoms with Crippen molar-refractivity contribution in [3.05, 3.63) is 18.1 Å². The molecule has 3 heterocycles. The Hall–Kier alpha value is -1.69. The van der Waals surface area contributed by atoms with Crippen LogP contribution in [0.25, 0.3) is 0 Å². The van der Waals surface area contributed by atoms with Crippen LogP contribution >= 0.6 is 0 Å². The summed E-state index contributed by atoms with van der Waals surface area (Å²) < 4.78 is 5.21. The smallest absolute Gasteiger partial charge is 0.230 e. The highest BCUT2D eigenvalue weighted by molar-refractivity contribution is 5.83. The first-order valence-electron chi connectivity index (χ1n) is 9.87. The van der Waals surface area contributed by atoms with Gasteiger partial charge in [-0.2, -0.15) is 0 Å². The quantitative estimate of drug-likeness (QED) is 0.876. The molecule has 0 radical (unpaired) electrons. The lowest BCUT2D eigenvalue weighted by Crippen LogP contribution is -2.54. The molecular formula is C20H30N4O2. The number of nitrogens with zero attached hydrogens (tertiary/aromatic N) is 3. The van der Waals surface area contributed by atoms with Gasteiger partial charge in [0.05, 0.1) is 18.6 Å². The molecule has 6 heteroatoms. The lowest BCUT2D eigenvalue weighted by atomic mass is 9.85. The fraction of sp³-hybridized carbons (Fsp3) is 0.750. The summed E-state index contributed by atoms with van der Waals surface area (Å²) in [7, 11) is 0. The lowest BCUT2D eigenvalue weighted by Gasteiger charge is -2.39. The van der Waals surface area contributed by atoms with E-state index in [-0.39, 0.29) is 16.9 Å². The maximum absolute atomic E-state index is 12.4. The van der Waals surface area contributed by atoms with Crippen molar-refractivity contribution >= 4 is 11.7 Å². The maximum atomic E-state index is 12.4. The van der Waals surface area contributed by atoms with Crippen molar-refractivity contribution in [2.24, 2.45) is 11.3 Å². The fourth-order valence-corrected chi connectivity index (χ4v) is 4.25. The Morgan fingerprint density at radius 1 is 1.31 bits per heavy atom. The molecule has 1 aromatic heterocycles. The van der Waals surface area contributed by atoms with Gasteiger partial charge in [-0.05, 0) is 46.1 Å². The van der Waals surface area contributed by atoms with Gasteiger partial charge in [0.2, 0.25) is 5.91 Å². The number of rotatable bonds is 5. The predicted octanol–water partition coefficient (Wildman–Crippen LogP) is 2.50. The standard InChI is InChI=1S/C20H30N4O2/c1-19(2)15(11-22-18(25)20(3)12-26-13-20)8-10-24(19)16-7-9-21-17(23-16)14-5-4-6-14/h7,9,14-15H,4-6,8,10-13H2,1-3H3,(H,22,25). The van der Waals surface area contributed by atoms with Gasteiger partial charge in [0.25, 0.3) is 0 Å². The van der Waals surface area contributed by atoms with Gasteiger partial charge >= 0.3 is 0 Å². The van der Waals surface area contributed by atoms with Crippen molar-refractivity contribution in [1.82, 2.24) is 15.3 Å². The molecule has 4 rings (SSSR count). The van der Waals surface area contributed by atoms with Gasteiger partial charge in [0.15, 0.2) is 0 Å². The Morgan fingerprint density at radius 2 is 2.08 bits per heavy atom. The second kappa shape index (κ2) is 6.48. The molecule has 142 valence electrons. The highest BCUT2D eigenvalue weighted by Crippen LogP contribution is 2.39. The van der Waals surface area contributed by atoms with E-state index in [1.807, 2.05) is 19.2 Å².